The summed E-state index contributed by atoms with van der Waals surface area (Å²) in [6.07, 6.45) is 5.39. The molecule has 2 aliphatic rings. The van der Waals surface area contributed by atoms with Crippen LogP contribution in [0.3, 0.4) is 0 Å². The maximum atomic E-state index is 5.94. The van der Waals surface area contributed by atoms with Gasteiger partial charge in [-0.25, -0.2) is 0 Å². The maximum absolute atomic E-state index is 5.94. The summed E-state index contributed by atoms with van der Waals surface area (Å²) >= 11 is 8.07. The second-order valence-corrected chi connectivity index (χ2v) is 7.48. The summed E-state index contributed by atoms with van der Waals surface area (Å²) in [5.74, 6) is 3.57. The Morgan fingerprint density at radius 1 is 1.11 bits per heavy atom. The van der Waals surface area contributed by atoms with Crippen LogP contribution in [0.15, 0.2) is 24.3 Å². The van der Waals surface area contributed by atoms with E-state index in [1.807, 2.05) is 12.1 Å². The van der Waals surface area contributed by atoms with Gasteiger partial charge in [0.1, 0.15) is 0 Å². The van der Waals surface area contributed by atoms with Crippen LogP contribution in [0.4, 0.5) is 0 Å². The van der Waals surface area contributed by atoms with Crippen molar-refractivity contribution in [3.05, 3.63) is 34.9 Å². The molecule has 1 aromatic rings. The summed E-state index contributed by atoms with van der Waals surface area (Å²) in [7, 11) is 0. The molecule has 1 atom stereocenters. The van der Waals surface area contributed by atoms with Crippen LogP contribution in [-0.4, -0.2) is 35.5 Å². The van der Waals surface area contributed by atoms with Gasteiger partial charge in [0.25, 0.3) is 0 Å². The van der Waals surface area contributed by atoms with Crippen molar-refractivity contribution in [3.63, 3.8) is 0 Å². The molecule has 1 unspecified atom stereocenters. The van der Waals surface area contributed by atoms with Crippen LogP contribution >= 0.6 is 23.4 Å². The highest BCUT2D eigenvalue weighted by molar-refractivity contribution is 7.99. The van der Waals surface area contributed by atoms with E-state index in [4.69, 9.17) is 11.6 Å². The molecule has 19 heavy (non-hydrogen) atoms. The molecule has 2 heterocycles. The van der Waals surface area contributed by atoms with Crippen LogP contribution in [0.1, 0.15) is 24.8 Å². The zero-order chi connectivity index (χ0) is 13.1. The molecule has 2 aliphatic heterocycles. The summed E-state index contributed by atoms with van der Waals surface area (Å²) in [5, 5.41) is 0.844. The van der Waals surface area contributed by atoms with E-state index in [0.717, 1.165) is 17.0 Å². The van der Waals surface area contributed by atoms with Gasteiger partial charge in [-0.15, -0.1) is 0 Å². The number of hydrogen-bond donors (Lipinski definition) is 0. The second kappa shape index (κ2) is 6.51. The molecular formula is C16H22ClNS. The normalized spacial score (nSPS) is 25.8. The first-order chi connectivity index (χ1) is 9.31. The molecule has 0 aromatic heterocycles. The Morgan fingerprint density at radius 3 is 2.58 bits per heavy atom. The molecule has 0 saturated carbocycles. The first kappa shape index (κ1) is 13.8. The molecule has 2 saturated heterocycles. The lowest BCUT2D eigenvalue weighted by atomic mass is 9.99. The molecule has 104 valence electrons. The van der Waals surface area contributed by atoms with Crippen LogP contribution in [0.25, 0.3) is 0 Å². The number of likely N-dealkylation sites (tertiary alicyclic amines) is 1. The summed E-state index contributed by atoms with van der Waals surface area (Å²) in [5.41, 5.74) is 1.44. The average Bonchev–Trinajstić information content (AvgIpc) is 2.91. The largest absolute Gasteiger partial charge is 0.300 e. The Balaban J connectivity index is 1.52. The summed E-state index contributed by atoms with van der Waals surface area (Å²) in [6.45, 7) is 2.62. The van der Waals surface area contributed by atoms with Crippen LogP contribution in [0.5, 0.6) is 0 Å². The van der Waals surface area contributed by atoms with Gasteiger partial charge >= 0.3 is 0 Å². The molecule has 2 fully saturated rings. The predicted octanol–water partition coefficient (Wildman–Crippen LogP) is 4.10. The minimum atomic E-state index is 0.843. The fourth-order valence-electron chi connectivity index (χ4n) is 3.36. The minimum Gasteiger partial charge on any atom is -0.300 e. The Labute approximate surface area is 125 Å². The Hall–Kier alpha value is -0.180. The van der Waals surface area contributed by atoms with Crippen molar-refractivity contribution in [2.45, 2.75) is 31.7 Å². The smallest absolute Gasteiger partial charge is 0.0406 e. The van der Waals surface area contributed by atoms with Gasteiger partial charge in [0.05, 0.1) is 0 Å². The number of nitrogens with zero attached hydrogens (tertiary/aromatic N) is 1. The molecule has 3 heteroatoms. The summed E-state index contributed by atoms with van der Waals surface area (Å²) < 4.78 is 0. The highest BCUT2D eigenvalue weighted by Crippen LogP contribution is 2.28. The third kappa shape index (κ3) is 3.68. The lowest BCUT2D eigenvalue weighted by Gasteiger charge is -2.30. The van der Waals surface area contributed by atoms with E-state index in [2.05, 4.69) is 28.8 Å². The Morgan fingerprint density at radius 2 is 1.84 bits per heavy atom. The molecule has 0 spiro atoms. The van der Waals surface area contributed by atoms with E-state index in [1.54, 1.807) is 0 Å². The molecule has 0 aliphatic carbocycles. The van der Waals surface area contributed by atoms with Gasteiger partial charge in [0.2, 0.25) is 0 Å². The highest BCUT2D eigenvalue weighted by atomic mass is 35.5. The monoisotopic (exact) mass is 295 g/mol. The fraction of sp³-hybridized carbons (Fsp3) is 0.625. The van der Waals surface area contributed by atoms with Gasteiger partial charge in [-0.05, 0) is 67.3 Å². The van der Waals surface area contributed by atoms with E-state index in [9.17, 15) is 0 Å². The van der Waals surface area contributed by atoms with Gasteiger partial charge in [0, 0.05) is 17.6 Å². The number of thioether (sulfide) groups is 1. The SMILES string of the molecule is Clc1ccc(CC2CCN(C3CCSCC3)C2)cc1. The van der Waals surface area contributed by atoms with E-state index < -0.39 is 0 Å². The van der Waals surface area contributed by atoms with Gasteiger partial charge in [0.15, 0.2) is 0 Å². The number of hydrogen-bond acceptors (Lipinski definition) is 2. The molecule has 0 N–H and O–H groups in total. The molecule has 0 bridgehead atoms. The van der Waals surface area contributed by atoms with E-state index in [-0.39, 0.29) is 0 Å². The summed E-state index contributed by atoms with van der Waals surface area (Å²) in [6, 6.07) is 9.27. The lowest BCUT2D eigenvalue weighted by molar-refractivity contribution is 0.221. The molecule has 0 radical (unpaired) electrons. The minimum absolute atomic E-state index is 0.843. The Bertz CT molecular complexity index is 400. The van der Waals surface area contributed by atoms with Crippen molar-refractivity contribution in [3.8, 4) is 0 Å². The van der Waals surface area contributed by atoms with Crippen molar-refractivity contribution >= 4 is 23.4 Å². The van der Waals surface area contributed by atoms with E-state index in [1.165, 1.54) is 55.8 Å². The lowest BCUT2D eigenvalue weighted by Crippen LogP contribution is -2.36. The van der Waals surface area contributed by atoms with Crippen LogP contribution in [-0.2, 0) is 6.42 Å². The van der Waals surface area contributed by atoms with Gasteiger partial charge in [-0.1, -0.05) is 23.7 Å². The van der Waals surface area contributed by atoms with Crippen molar-refractivity contribution < 1.29 is 0 Å². The third-order valence-corrected chi connectivity index (χ3v) is 5.76. The number of benzene rings is 1. The van der Waals surface area contributed by atoms with Crippen molar-refractivity contribution in [1.82, 2.24) is 4.90 Å². The third-order valence-electron chi connectivity index (χ3n) is 4.46. The second-order valence-electron chi connectivity index (χ2n) is 5.82. The zero-order valence-corrected chi connectivity index (χ0v) is 12.9. The standard InChI is InChI=1S/C16H22ClNS/c17-15-3-1-13(2-4-15)11-14-5-8-18(12-14)16-6-9-19-10-7-16/h1-4,14,16H,5-12H2. The molecule has 1 nitrogen and oxygen atoms in total. The molecular weight excluding hydrogens is 274 g/mol. The first-order valence-corrected chi connectivity index (χ1v) is 8.91. The van der Waals surface area contributed by atoms with E-state index in [0.29, 0.717) is 0 Å². The fourth-order valence-corrected chi connectivity index (χ4v) is 4.57. The zero-order valence-electron chi connectivity index (χ0n) is 11.4. The highest BCUT2D eigenvalue weighted by Gasteiger charge is 2.29. The molecule has 3 rings (SSSR count). The number of rotatable bonds is 3. The molecule has 1 aromatic carbocycles. The predicted molar refractivity (Wildman–Crippen MR) is 85.2 cm³/mol. The van der Waals surface area contributed by atoms with Gasteiger partial charge in [-0.3, -0.25) is 0 Å². The maximum Gasteiger partial charge on any atom is 0.0406 e. The van der Waals surface area contributed by atoms with Crippen molar-refractivity contribution in [1.29, 1.82) is 0 Å². The van der Waals surface area contributed by atoms with Gasteiger partial charge in [-0.2, -0.15) is 11.8 Å². The van der Waals surface area contributed by atoms with Crippen LogP contribution in [0, 0.1) is 5.92 Å². The Kier molecular flexibility index (Phi) is 4.73. The van der Waals surface area contributed by atoms with Crippen molar-refractivity contribution in [2.24, 2.45) is 5.92 Å². The van der Waals surface area contributed by atoms with Crippen LogP contribution in [0.2, 0.25) is 5.02 Å². The summed E-state index contributed by atoms with van der Waals surface area (Å²) in [4.78, 5) is 2.75. The topological polar surface area (TPSA) is 3.24 Å². The number of halogens is 1. The quantitative estimate of drug-likeness (QED) is 0.826. The van der Waals surface area contributed by atoms with Crippen molar-refractivity contribution in [2.75, 3.05) is 24.6 Å². The van der Waals surface area contributed by atoms with Crippen LogP contribution < -0.4 is 0 Å². The van der Waals surface area contributed by atoms with Gasteiger partial charge < -0.3 is 4.90 Å². The molecule has 0 amide bonds. The van der Waals surface area contributed by atoms with E-state index >= 15 is 0 Å². The first-order valence-electron chi connectivity index (χ1n) is 7.37. The average molecular weight is 296 g/mol.